The van der Waals surface area contributed by atoms with Crippen LogP contribution in [0, 0.1) is 0 Å². The van der Waals surface area contributed by atoms with E-state index in [-0.39, 0.29) is 12.5 Å². The van der Waals surface area contributed by atoms with Crippen LogP contribution in [0.25, 0.3) is 11.3 Å². The number of aromatic carboxylic acids is 1. The van der Waals surface area contributed by atoms with Crippen LogP contribution in [-0.2, 0) is 0 Å². The van der Waals surface area contributed by atoms with Gasteiger partial charge in [-0.2, -0.15) is 0 Å². The maximum absolute atomic E-state index is 10.7. The highest BCUT2D eigenvalue weighted by molar-refractivity contribution is 9.10. The lowest BCUT2D eigenvalue weighted by Crippen LogP contribution is -1.94. The number of carbonyl (C=O) groups is 1. The van der Waals surface area contributed by atoms with Crippen molar-refractivity contribution in [3.8, 4) is 22.8 Å². The minimum atomic E-state index is -1.14. The van der Waals surface area contributed by atoms with Gasteiger partial charge in [-0.05, 0) is 28.1 Å². The molecule has 2 aromatic rings. The van der Waals surface area contributed by atoms with Crippen molar-refractivity contribution in [3.63, 3.8) is 0 Å². The lowest BCUT2D eigenvalue weighted by molar-refractivity contribution is 0.0686. The van der Waals surface area contributed by atoms with Gasteiger partial charge in [0.05, 0.1) is 10.0 Å². The van der Waals surface area contributed by atoms with Gasteiger partial charge in [0, 0.05) is 6.07 Å². The molecule has 0 aliphatic carbocycles. The topological polar surface area (TPSA) is 81.8 Å². The lowest BCUT2D eigenvalue weighted by Gasteiger charge is -2.03. The van der Waals surface area contributed by atoms with Crippen LogP contribution in [0.5, 0.6) is 11.5 Å². The highest BCUT2D eigenvalue weighted by atomic mass is 79.9. The number of fused-ring (bicyclic) bond motifs is 1. The fraction of sp³-hybridized carbons (Fsp3) is 0.0909. The average Bonchev–Trinajstić information content (AvgIpc) is 2.98. The SMILES string of the molecule is O=C(O)c1cc(-c2ccc(Br)c3c2OCO3)on1. The quantitative estimate of drug-likeness (QED) is 0.917. The van der Waals surface area contributed by atoms with Gasteiger partial charge in [0.25, 0.3) is 0 Å². The molecule has 0 spiro atoms. The van der Waals surface area contributed by atoms with Gasteiger partial charge >= 0.3 is 5.97 Å². The van der Waals surface area contributed by atoms with Crippen LogP contribution in [0.3, 0.4) is 0 Å². The second kappa shape index (κ2) is 4.02. The summed E-state index contributed by atoms with van der Waals surface area (Å²) in [5.41, 5.74) is 0.450. The Kier molecular flexibility index (Phi) is 2.48. The van der Waals surface area contributed by atoms with E-state index in [1.165, 1.54) is 6.07 Å². The van der Waals surface area contributed by atoms with Gasteiger partial charge in [0.15, 0.2) is 23.0 Å². The van der Waals surface area contributed by atoms with Crippen molar-refractivity contribution < 1.29 is 23.9 Å². The Bertz CT molecular complexity index is 636. The van der Waals surface area contributed by atoms with Crippen LogP contribution >= 0.6 is 15.9 Å². The van der Waals surface area contributed by atoms with Crippen molar-refractivity contribution in [2.75, 3.05) is 6.79 Å². The van der Waals surface area contributed by atoms with Gasteiger partial charge in [0.1, 0.15) is 0 Å². The van der Waals surface area contributed by atoms with Crippen molar-refractivity contribution in [1.29, 1.82) is 0 Å². The third-order valence-electron chi connectivity index (χ3n) is 2.47. The maximum Gasteiger partial charge on any atom is 0.358 e. The minimum absolute atomic E-state index is 0.116. The number of benzene rings is 1. The molecule has 0 amide bonds. The number of carboxylic acid groups (broad SMARTS) is 1. The Morgan fingerprint density at radius 1 is 1.33 bits per heavy atom. The molecule has 0 bridgehead atoms. The van der Waals surface area contributed by atoms with Gasteiger partial charge in [-0.3, -0.25) is 0 Å². The zero-order chi connectivity index (χ0) is 12.7. The number of nitrogens with zero attached hydrogens (tertiary/aromatic N) is 1. The van der Waals surface area contributed by atoms with E-state index in [0.717, 1.165) is 4.47 Å². The van der Waals surface area contributed by atoms with Crippen molar-refractivity contribution in [1.82, 2.24) is 5.16 Å². The first-order chi connectivity index (χ1) is 8.66. The molecular formula is C11H6BrNO5. The smallest absolute Gasteiger partial charge is 0.358 e. The first kappa shape index (κ1) is 11.1. The summed E-state index contributed by atoms with van der Waals surface area (Å²) in [7, 11) is 0. The molecule has 1 aliphatic rings. The van der Waals surface area contributed by atoms with Crippen molar-refractivity contribution in [2.24, 2.45) is 0 Å². The second-order valence-corrected chi connectivity index (χ2v) is 4.40. The standard InChI is InChI=1S/C11H6BrNO5/c12-6-2-1-5(9-10(6)17-4-16-9)8-3-7(11(14)15)13-18-8/h1-3H,4H2,(H,14,15). The predicted molar refractivity (Wildman–Crippen MR) is 62.7 cm³/mol. The summed E-state index contributed by atoms with van der Waals surface area (Å²) in [6, 6.07) is 4.85. The molecule has 2 heterocycles. The monoisotopic (exact) mass is 311 g/mol. The maximum atomic E-state index is 10.7. The Balaban J connectivity index is 2.12. The molecule has 0 saturated heterocycles. The molecule has 0 atom stereocenters. The fourth-order valence-electron chi connectivity index (χ4n) is 1.66. The first-order valence-electron chi connectivity index (χ1n) is 4.95. The summed E-state index contributed by atoms with van der Waals surface area (Å²) < 4.78 is 16.4. The van der Waals surface area contributed by atoms with E-state index < -0.39 is 5.97 Å². The number of rotatable bonds is 2. The molecule has 0 unspecified atom stereocenters. The fourth-order valence-corrected chi connectivity index (χ4v) is 2.09. The van der Waals surface area contributed by atoms with Crippen LogP contribution in [0.4, 0.5) is 0 Å². The molecule has 1 aliphatic heterocycles. The van der Waals surface area contributed by atoms with Crippen molar-refractivity contribution in [3.05, 3.63) is 28.4 Å². The van der Waals surface area contributed by atoms with Crippen LogP contribution in [0.2, 0.25) is 0 Å². The van der Waals surface area contributed by atoms with Gasteiger partial charge in [-0.15, -0.1) is 0 Å². The summed E-state index contributed by atoms with van der Waals surface area (Å²) >= 11 is 3.34. The zero-order valence-corrected chi connectivity index (χ0v) is 10.4. The number of halogens is 1. The number of hydrogen-bond donors (Lipinski definition) is 1. The van der Waals surface area contributed by atoms with Gasteiger partial charge < -0.3 is 19.1 Å². The molecule has 1 aromatic carbocycles. The van der Waals surface area contributed by atoms with Gasteiger partial charge in [0.2, 0.25) is 6.79 Å². The molecule has 18 heavy (non-hydrogen) atoms. The Hall–Kier alpha value is -2.02. The van der Waals surface area contributed by atoms with E-state index in [1.807, 2.05) is 0 Å². The molecule has 1 aromatic heterocycles. The highest BCUT2D eigenvalue weighted by Gasteiger charge is 2.24. The molecule has 3 rings (SSSR count). The van der Waals surface area contributed by atoms with Crippen LogP contribution < -0.4 is 9.47 Å². The first-order valence-corrected chi connectivity index (χ1v) is 5.74. The van der Waals surface area contributed by atoms with E-state index in [1.54, 1.807) is 12.1 Å². The molecule has 0 saturated carbocycles. The van der Waals surface area contributed by atoms with Gasteiger partial charge in [-0.1, -0.05) is 5.16 Å². The Morgan fingerprint density at radius 2 is 2.11 bits per heavy atom. The van der Waals surface area contributed by atoms with Crippen LogP contribution in [0.15, 0.2) is 27.2 Å². The molecule has 7 heteroatoms. The largest absolute Gasteiger partial charge is 0.476 e. The second-order valence-electron chi connectivity index (χ2n) is 3.54. The molecule has 92 valence electrons. The third kappa shape index (κ3) is 1.63. The number of hydrogen-bond acceptors (Lipinski definition) is 5. The summed E-state index contributed by atoms with van der Waals surface area (Å²) in [6.45, 7) is 0.116. The van der Waals surface area contributed by atoms with Crippen molar-refractivity contribution in [2.45, 2.75) is 0 Å². The zero-order valence-electron chi connectivity index (χ0n) is 8.84. The average molecular weight is 312 g/mol. The number of ether oxygens (including phenoxy) is 2. The molecule has 0 radical (unpaired) electrons. The summed E-state index contributed by atoms with van der Waals surface area (Å²) in [5.74, 6) is 0.260. The lowest BCUT2D eigenvalue weighted by atomic mass is 10.1. The third-order valence-corrected chi connectivity index (χ3v) is 3.09. The predicted octanol–water partition coefficient (Wildman–Crippen LogP) is 2.53. The normalized spacial score (nSPS) is 12.7. The summed E-state index contributed by atoms with van der Waals surface area (Å²) in [6.07, 6.45) is 0. The Morgan fingerprint density at radius 3 is 2.83 bits per heavy atom. The van der Waals surface area contributed by atoms with E-state index >= 15 is 0 Å². The highest BCUT2D eigenvalue weighted by Crippen LogP contribution is 2.45. The summed E-state index contributed by atoms with van der Waals surface area (Å²) in [5, 5.41) is 12.3. The van der Waals surface area contributed by atoms with Crippen LogP contribution in [0.1, 0.15) is 10.5 Å². The van der Waals surface area contributed by atoms with E-state index in [0.29, 0.717) is 22.8 Å². The van der Waals surface area contributed by atoms with Crippen molar-refractivity contribution >= 4 is 21.9 Å². The molecular weight excluding hydrogens is 306 g/mol. The Labute approximate surface area is 109 Å². The molecule has 1 N–H and O–H groups in total. The molecule has 6 nitrogen and oxygen atoms in total. The summed E-state index contributed by atoms with van der Waals surface area (Å²) in [4.78, 5) is 10.7. The number of carboxylic acids is 1. The van der Waals surface area contributed by atoms with Crippen LogP contribution in [-0.4, -0.2) is 23.0 Å². The van der Waals surface area contributed by atoms with E-state index in [2.05, 4.69) is 21.1 Å². The minimum Gasteiger partial charge on any atom is -0.476 e. The van der Waals surface area contributed by atoms with E-state index in [4.69, 9.17) is 19.1 Å². The van der Waals surface area contributed by atoms with Gasteiger partial charge in [-0.25, -0.2) is 4.79 Å². The molecule has 0 fully saturated rings. The number of aromatic nitrogens is 1. The van der Waals surface area contributed by atoms with E-state index in [9.17, 15) is 4.79 Å².